The van der Waals surface area contributed by atoms with E-state index in [1.165, 1.54) is 24.5 Å². The van der Waals surface area contributed by atoms with E-state index >= 15 is 0 Å². The lowest BCUT2D eigenvalue weighted by molar-refractivity contribution is 0.0601. The predicted molar refractivity (Wildman–Crippen MR) is 106 cm³/mol. The third-order valence-corrected chi connectivity index (χ3v) is 5.79. The van der Waals surface area contributed by atoms with Crippen molar-refractivity contribution in [2.75, 3.05) is 13.7 Å². The highest BCUT2D eigenvalue weighted by atomic mass is 32.1. The summed E-state index contributed by atoms with van der Waals surface area (Å²) in [5.74, 6) is -0.164. The molecule has 0 radical (unpaired) electrons. The van der Waals surface area contributed by atoms with Gasteiger partial charge in [0.1, 0.15) is 22.3 Å². The Morgan fingerprint density at radius 2 is 2.14 bits per heavy atom. The third-order valence-electron chi connectivity index (χ3n) is 4.93. The normalized spacial score (nSPS) is 16.8. The predicted octanol–water partition coefficient (Wildman–Crippen LogP) is 4.72. The van der Waals surface area contributed by atoms with Crippen LogP contribution in [0.5, 0.6) is 5.75 Å². The molecule has 1 aliphatic rings. The molecule has 144 valence electrons. The van der Waals surface area contributed by atoms with Gasteiger partial charge in [0.2, 0.25) is 0 Å². The van der Waals surface area contributed by atoms with E-state index in [-0.39, 0.29) is 17.5 Å². The lowest BCUT2D eigenvalue weighted by atomic mass is 9.98. The second kappa shape index (κ2) is 8.06. The third kappa shape index (κ3) is 3.49. The summed E-state index contributed by atoms with van der Waals surface area (Å²) in [7, 11) is 1.49. The van der Waals surface area contributed by atoms with Crippen LogP contribution in [0, 0.1) is 5.82 Å². The van der Waals surface area contributed by atoms with Gasteiger partial charge in [0.25, 0.3) is 5.91 Å². The molecule has 1 amide bonds. The molecule has 1 unspecified atom stereocenters. The molecule has 5 nitrogen and oxygen atoms in total. The van der Waals surface area contributed by atoms with Gasteiger partial charge in [0.05, 0.1) is 24.4 Å². The first-order valence-corrected chi connectivity index (χ1v) is 10.1. The number of carbonyl (C=O) groups is 1. The first kappa shape index (κ1) is 18.6. The summed E-state index contributed by atoms with van der Waals surface area (Å²) in [5, 5.41) is 2.12. The number of piperidine rings is 1. The van der Waals surface area contributed by atoms with Gasteiger partial charge in [-0.15, -0.1) is 11.3 Å². The number of carbonyl (C=O) groups excluding carboxylic acids is 1. The number of halogens is 1. The highest BCUT2D eigenvalue weighted by Crippen LogP contribution is 2.36. The van der Waals surface area contributed by atoms with Crippen molar-refractivity contribution in [2.45, 2.75) is 25.3 Å². The monoisotopic (exact) mass is 397 g/mol. The van der Waals surface area contributed by atoms with Crippen molar-refractivity contribution >= 4 is 17.2 Å². The number of aromatic nitrogens is 2. The Bertz CT molecular complexity index is 977. The maximum absolute atomic E-state index is 14.4. The first-order valence-electron chi connectivity index (χ1n) is 9.19. The van der Waals surface area contributed by atoms with Crippen LogP contribution < -0.4 is 4.74 Å². The topological polar surface area (TPSA) is 55.3 Å². The van der Waals surface area contributed by atoms with E-state index in [2.05, 4.69) is 9.97 Å². The number of thiazole rings is 1. The van der Waals surface area contributed by atoms with E-state index in [1.807, 2.05) is 23.1 Å². The first-order chi connectivity index (χ1) is 13.7. The molecule has 4 rings (SSSR count). The van der Waals surface area contributed by atoms with Gasteiger partial charge in [0, 0.05) is 18.1 Å². The quantitative estimate of drug-likeness (QED) is 0.639. The van der Waals surface area contributed by atoms with Gasteiger partial charge in [-0.1, -0.05) is 12.1 Å². The minimum Gasteiger partial charge on any atom is -0.496 e. The van der Waals surface area contributed by atoms with Crippen LogP contribution in [-0.2, 0) is 0 Å². The van der Waals surface area contributed by atoms with E-state index in [9.17, 15) is 9.18 Å². The molecule has 1 saturated heterocycles. The molecule has 1 aromatic carbocycles. The van der Waals surface area contributed by atoms with Crippen molar-refractivity contribution in [3.05, 3.63) is 65.2 Å². The summed E-state index contributed by atoms with van der Waals surface area (Å²) in [6, 6.07) is 10.3. The van der Waals surface area contributed by atoms with Gasteiger partial charge in [-0.25, -0.2) is 9.37 Å². The number of hydrogen-bond donors (Lipinski definition) is 0. The highest BCUT2D eigenvalue weighted by Gasteiger charge is 2.31. The fourth-order valence-electron chi connectivity index (χ4n) is 3.57. The summed E-state index contributed by atoms with van der Waals surface area (Å²) in [6.45, 7) is 0.663. The molecule has 28 heavy (non-hydrogen) atoms. The zero-order valence-electron chi connectivity index (χ0n) is 15.5. The number of ether oxygens (including phenoxy) is 1. The second-order valence-electron chi connectivity index (χ2n) is 6.62. The number of hydrogen-bond acceptors (Lipinski definition) is 5. The van der Waals surface area contributed by atoms with Crippen LogP contribution >= 0.6 is 11.3 Å². The summed E-state index contributed by atoms with van der Waals surface area (Å²) >= 11 is 1.24. The van der Waals surface area contributed by atoms with Crippen molar-refractivity contribution in [3.8, 4) is 16.3 Å². The van der Waals surface area contributed by atoms with Crippen molar-refractivity contribution in [1.29, 1.82) is 0 Å². The number of benzene rings is 1. The maximum Gasteiger partial charge on any atom is 0.273 e. The van der Waals surface area contributed by atoms with Crippen molar-refractivity contribution in [2.24, 2.45) is 0 Å². The Balaban J connectivity index is 1.64. The Morgan fingerprint density at radius 1 is 1.25 bits per heavy atom. The Kier molecular flexibility index (Phi) is 5.34. The van der Waals surface area contributed by atoms with E-state index in [4.69, 9.17) is 4.74 Å². The van der Waals surface area contributed by atoms with Crippen LogP contribution in [0.25, 0.3) is 10.6 Å². The molecular weight excluding hydrogens is 377 g/mol. The molecular formula is C21H20FN3O2S. The molecule has 3 heterocycles. The molecule has 7 heteroatoms. The van der Waals surface area contributed by atoms with E-state index in [1.54, 1.807) is 23.7 Å². The largest absolute Gasteiger partial charge is 0.496 e. The molecule has 1 fully saturated rings. The fourth-order valence-corrected chi connectivity index (χ4v) is 4.41. The summed E-state index contributed by atoms with van der Waals surface area (Å²) < 4.78 is 19.6. The van der Waals surface area contributed by atoms with Crippen molar-refractivity contribution in [1.82, 2.24) is 14.9 Å². The molecule has 0 spiro atoms. The van der Waals surface area contributed by atoms with Crippen LogP contribution in [0.1, 0.15) is 41.5 Å². The van der Waals surface area contributed by atoms with Gasteiger partial charge in [-0.05, 0) is 43.5 Å². The minimum atomic E-state index is -0.419. The van der Waals surface area contributed by atoms with Gasteiger partial charge < -0.3 is 9.64 Å². The van der Waals surface area contributed by atoms with Crippen LogP contribution in [0.4, 0.5) is 4.39 Å². The smallest absolute Gasteiger partial charge is 0.273 e. The fraction of sp³-hybridized carbons (Fsp3) is 0.286. The molecule has 3 aromatic rings. The number of nitrogens with zero attached hydrogens (tertiary/aromatic N) is 3. The summed E-state index contributed by atoms with van der Waals surface area (Å²) in [6.07, 6.45) is 4.63. The van der Waals surface area contributed by atoms with Crippen LogP contribution in [0.3, 0.4) is 0 Å². The molecule has 0 N–H and O–H groups in total. The lowest BCUT2D eigenvalue weighted by Crippen LogP contribution is -2.39. The summed E-state index contributed by atoms with van der Waals surface area (Å²) in [5.41, 5.74) is 1.50. The van der Waals surface area contributed by atoms with E-state index < -0.39 is 5.82 Å². The zero-order chi connectivity index (χ0) is 19.5. The Labute approximate surface area is 166 Å². The number of pyridine rings is 1. The van der Waals surface area contributed by atoms with Gasteiger partial charge >= 0.3 is 0 Å². The molecule has 0 saturated carbocycles. The van der Waals surface area contributed by atoms with Crippen LogP contribution in [-0.4, -0.2) is 34.4 Å². The van der Waals surface area contributed by atoms with Gasteiger partial charge in [0.15, 0.2) is 0 Å². The van der Waals surface area contributed by atoms with Gasteiger partial charge in [-0.2, -0.15) is 0 Å². The number of methoxy groups -OCH3 is 1. The number of likely N-dealkylation sites (tertiary alicyclic amines) is 1. The average Bonchev–Trinajstić information content (AvgIpc) is 3.23. The molecule has 0 bridgehead atoms. The number of rotatable bonds is 4. The maximum atomic E-state index is 14.4. The van der Waals surface area contributed by atoms with E-state index in [0.717, 1.165) is 25.0 Å². The standard InChI is InChI=1S/C21H20FN3O2S/c1-27-18-10-6-7-14(22)19(18)20-24-16(13-28-20)21(26)25-12-5-3-9-17(25)15-8-2-4-11-23-15/h2,4,6-8,10-11,13,17H,3,5,9,12H2,1H3. The number of amides is 1. The molecule has 1 atom stereocenters. The zero-order valence-corrected chi connectivity index (χ0v) is 16.3. The lowest BCUT2D eigenvalue weighted by Gasteiger charge is -2.35. The molecule has 0 aliphatic carbocycles. The van der Waals surface area contributed by atoms with E-state index in [0.29, 0.717) is 23.0 Å². The second-order valence-corrected chi connectivity index (χ2v) is 7.48. The Morgan fingerprint density at radius 3 is 2.93 bits per heavy atom. The van der Waals surface area contributed by atoms with Crippen molar-refractivity contribution in [3.63, 3.8) is 0 Å². The summed E-state index contributed by atoms with van der Waals surface area (Å²) in [4.78, 5) is 23.9. The molecule has 2 aromatic heterocycles. The highest BCUT2D eigenvalue weighted by molar-refractivity contribution is 7.13. The van der Waals surface area contributed by atoms with Crippen LogP contribution in [0.15, 0.2) is 48.0 Å². The average molecular weight is 397 g/mol. The minimum absolute atomic E-state index is 0.0596. The van der Waals surface area contributed by atoms with Crippen molar-refractivity contribution < 1.29 is 13.9 Å². The van der Waals surface area contributed by atoms with Gasteiger partial charge in [-0.3, -0.25) is 9.78 Å². The molecule has 1 aliphatic heterocycles. The van der Waals surface area contributed by atoms with Crippen LogP contribution in [0.2, 0.25) is 0 Å². The SMILES string of the molecule is COc1cccc(F)c1-c1nc(C(=O)N2CCCCC2c2ccccn2)cs1. The Hall–Kier alpha value is -2.80.